The van der Waals surface area contributed by atoms with Gasteiger partial charge in [-0.1, -0.05) is 30.3 Å². The number of guanidine groups is 1. The minimum absolute atomic E-state index is 0.629. The summed E-state index contributed by atoms with van der Waals surface area (Å²) in [5.74, 6) is 2.51. The lowest BCUT2D eigenvalue weighted by Gasteiger charge is -2.27. The van der Waals surface area contributed by atoms with E-state index in [-0.39, 0.29) is 0 Å². The average molecular weight is 401 g/mol. The summed E-state index contributed by atoms with van der Waals surface area (Å²) in [5, 5.41) is 3.49. The van der Waals surface area contributed by atoms with E-state index in [2.05, 4.69) is 66.3 Å². The van der Waals surface area contributed by atoms with Crippen LogP contribution in [0.3, 0.4) is 0 Å². The first-order valence-electron chi connectivity index (χ1n) is 11.5. The van der Waals surface area contributed by atoms with Crippen molar-refractivity contribution in [1.29, 1.82) is 0 Å². The fourth-order valence-corrected chi connectivity index (χ4v) is 4.59. The highest BCUT2D eigenvalue weighted by Crippen LogP contribution is 2.25. The van der Waals surface area contributed by atoms with Crippen LogP contribution in [0.15, 0.2) is 35.3 Å². The largest absolute Gasteiger partial charge is 0.381 e. The van der Waals surface area contributed by atoms with Gasteiger partial charge in [0.05, 0.1) is 0 Å². The topological polar surface area (TPSA) is 40.1 Å². The normalized spacial score (nSPS) is 24.0. The third-order valence-corrected chi connectivity index (χ3v) is 6.43. The first kappa shape index (κ1) is 22.1. The predicted octanol–water partition coefficient (Wildman–Crippen LogP) is 3.61. The second-order valence-electron chi connectivity index (χ2n) is 8.83. The molecule has 0 radical (unpaired) electrons. The van der Waals surface area contributed by atoms with E-state index >= 15 is 0 Å². The number of hydrogen-bond acceptors (Lipinski definition) is 3. The highest BCUT2D eigenvalue weighted by Gasteiger charge is 2.28. The zero-order valence-electron chi connectivity index (χ0n) is 18.6. The van der Waals surface area contributed by atoms with Crippen LogP contribution in [0.5, 0.6) is 0 Å². The first-order chi connectivity index (χ1) is 14.2. The highest BCUT2D eigenvalue weighted by atomic mass is 16.5. The van der Waals surface area contributed by atoms with Crippen molar-refractivity contribution in [3.8, 4) is 0 Å². The number of nitrogens with zero attached hydrogens (tertiary/aromatic N) is 3. The van der Waals surface area contributed by atoms with E-state index in [9.17, 15) is 0 Å². The standard InChI is InChI=1S/C24H40N4O/c1-4-25-24(27(3)13-10-21-11-14-29-15-12-21)26-17-23-16-20(2)28(19-23)18-22-8-6-5-7-9-22/h5-9,20-21,23H,4,10-19H2,1-3H3,(H,25,26). The van der Waals surface area contributed by atoms with Gasteiger partial charge >= 0.3 is 0 Å². The first-order valence-corrected chi connectivity index (χ1v) is 11.5. The van der Waals surface area contributed by atoms with E-state index in [4.69, 9.17) is 9.73 Å². The molecule has 1 aromatic carbocycles. The molecule has 0 spiro atoms. The third-order valence-electron chi connectivity index (χ3n) is 6.43. The molecule has 2 saturated heterocycles. The van der Waals surface area contributed by atoms with Crippen LogP contribution in [-0.2, 0) is 11.3 Å². The van der Waals surface area contributed by atoms with E-state index in [0.29, 0.717) is 12.0 Å². The molecular weight excluding hydrogens is 360 g/mol. The van der Waals surface area contributed by atoms with Gasteiger partial charge in [0.1, 0.15) is 0 Å². The van der Waals surface area contributed by atoms with Crippen LogP contribution in [0.1, 0.15) is 45.1 Å². The SMILES string of the molecule is CCNC(=NCC1CC(C)N(Cc2ccccc2)C1)N(C)CCC1CCOCC1. The number of ether oxygens (including phenoxy) is 1. The van der Waals surface area contributed by atoms with Gasteiger partial charge in [-0.15, -0.1) is 0 Å². The van der Waals surface area contributed by atoms with Crippen LogP contribution in [0.2, 0.25) is 0 Å². The molecule has 3 rings (SSSR count). The summed E-state index contributed by atoms with van der Waals surface area (Å²) in [5.41, 5.74) is 1.41. The predicted molar refractivity (Wildman–Crippen MR) is 121 cm³/mol. The lowest BCUT2D eigenvalue weighted by Crippen LogP contribution is -2.40. The second kappa shape index (κ2) is 11.6. The van der Waals surface area contributed by atoms with E-state index in [0.717, 1.165) is 57.8 Å². The molecule has 1 aromatic rings. The molecule has 0 bridgehead atoms. The zero-order chi connectivity index (χ0) is 20.5. The Morgan fingerprint density at radius 1 is 1.21 bits per heavy atom. The van der Waals surface area contributed by atoms with Gasteiger partial charge in [0.2, 0.25) is 0 Å². The molecule has 0 amide bonds. The van der Waals surface area contributed by atoms with Crippen molar-refractivity contribution in [2.24, 2.45) is 16.8 Å². The molecule has 1 N–H and O–H groups in total. The van der Waals surface area contributed by atoms with Crippen LogP contribution in [0.25, 0.3) is 0 Å². The summed E-state index contributed by atoms with van der Waals surface area (Å²) in [6.07, 6.45) is 4.88. The van der Waals surface area contributed by atoms with Crippen molar-refractivity contribution >= 4 is 5.96 Å². The van der Waals surface area contributed by atoms with E-state index < -0.39 is 0 Å². The highest BCUT2D eigenvalue weighted by molar-refractivity contribution is 5.79. The number of rotatable bonds is 8. The maximum absolute atomic E-state index is 5.49. The monoisotopic (exact) mass is 400 g/mol. The molecule has 2 aliphatic heterocycles. The van der Waals surface area contributed by atoms with Gasteiger partial charge in [-0.05, 0) is 56.9 Å². The molecule has 2 aliphatic rings. The molecule has 5 heteroatoms. The minimum atomic E-state index is 0.629. The van der Waals surface area contributed by atoms with Gasteiger partial charge in [-0.25, -0.2) is 0 Å². The lowest BCUT2D eigenvalue weighted by molar-refractivity contribution is 0.0625. The van der Waals surface area contributed by atoms with Gasteiger partial charge in [0.25, 0.3) is 0 Å². The van der Waals surface area contributed by atoms with Crippen LogP contribution in [0.4, 0.5) is 0 Å². The number of nitrogens with one attached hydrogen (secondary N) is 1. The number of hydrogen-bond donors (Lipinski definition) is 1. The Hall–Kier alpha value is -1.59. The Morgan fingerprint density at radius 2 is 1.97 bits per heavy atom. The third kappa shape index (κ3) is 7.00. The fraction of sp³-hybridized carbons (Fsp3) is 0.708. The van der Waals surface area contributed by atoms with Crippen LogP contribution in [0, 0.1) is 11.8 Å². The Morgan fingerprint density at radius 3 is 2.69 bits per heavy atom. The summed E-state index contributed by atoms with van der Waals surface area (Å²) < 4.78 is 5.49. The van der Waals surface area contributed by atoms with Crippen LogP contribution < -0.4 is 5.32 Å². The number of aliphatic imine (C=N–C) groups is 1. The molecule has 2 fully saturated rings. The van der Waals surface area contributed by atoms with Crippen molar-refractivity contribution < 1.29 is 4.74 Å². The molecule has 29 heavy (non-hydrogen) atoms. The van der Waals surface area contributed by atoms with Gasteiger partial charge in [0.15, 0.2) is 5.96 Å². The number of benzene rings is 1. The van der Waals surface area contributed by atoms with Crippen LogP contribution >= 0.6 is 0 Å². The summed E-state index contributed by atoms with van der Waals surface area (Å²) in [6, 6.07) is 11.5. The second-order valence-corrected chi connectivity index (χ2v) is 8.83. The summed E-state index contributed by atoms with van der Waals surface area (Å²) in [4.78, 5) is 9.94. The molecule has 2 unspecified atom stereocenters. The quantitative estimate of drug-likeness (QED) is 0.535. The summed E-state index contributed by atoms with van der Waals surface area (Å²) in [6.45, 7) is 11.5. The molecule has 0 aliphatic carbocycles. The zero-order valence-corrected chi connectivity index (χ0v) is 18.6. The molecule has 162 valence electrons. The van der Waals surface area contributed by atoms with Crippen LogP contribution in [-0.4, -0.2) is 68.2 Å². The Kier molecular flexibility index (Phi) is 8.81. The van der Waals surface area contributed by atoms with E-state index in [1.165, 1.54) is 31.2 Å². The average Bonchev–Trinajstić information content (AvgIpc) is 3.10. The molecule has 5 nitrogen and oxygen atoms in total. The van der Waals surface area contributed by atoms with Crippen molar-refractivity contribution in [1.82, 2.24) is 15.1 Å². The van der Waals surface area contributed by atoms with Gasteiger partial charge in [-0.3, -0.25) is 9.89 Å². The molecule has 2 heterocycles. The lowest BCUT2D eigenvalue weighted by atomic mass is 9.96. The van der Waals surface area contributed by atoms with E-state index in [1.807, 2.05) is 0 Å². The Bertz CT molecular complexity index is 615. The van der Waals surface area contributed by atoms with Crippen molar-refractivity contribution in [2.75, 3.05) is 46.4 Å². The Labute approximate surface area is 177 Å². The Balaban J connectivity index is 1.48. The maximum atomic E-state index is 5.49. The maximum Gasteiger partial charge on any atom is 0.193 e. The smallest absolute Gasteiger partial charge is 0.193 e. The van der Waals surface area contributed by atoms with Crippen molar-refractivity contribution in [3.63, 3.8) is 0 Å². The number of likely N-dealkylation sites (tertiary alicyclic amines) is 1. The summed E-state index contributed by atoms with van der Waals surface area (Å²) in [7, 11) is 2.18. The van der Waals surface area contributed by atoms with Crippen molar-refractivity contribution in [3.05, 3.63) is 35.9 Å². The molecular formula is C24H40N4O. The molecule has 0 saturated carbocycles. The molecule has 0 aromatic heterocycles. The van der Waals surface area contributed by atoms with Gasteiger partial charge < -0.3 is 15.0 Å². The van der Waals surface area contributed by atoms with Gasteiger partial charge in [0, 0.05) is 59.0 Å². The molecule has 2 atom stereocenters. The fourth-order valence-electron chi connectivity index (χ4n) is 4.59. The van der Waals surface area contributed by atoms with Gasteiger partial charge in [-0.2, -0.15) is 0 Å². The van der Waals surface area contributed by atoms with Crippen molar-refractivity contribution in [2.45, 2.75) is 52.1 Å². The summed E-state index contributed by atoms with van der Waals surface area (Å²) >= 11 is 0. The minimum Gasteiger partial charge on any atom is -0.381 e. The van der Waals surface area contributed by atoms with E-state index in [1.54, 1.807) is 0 Å².